The van der Waals surface area contributed by atoms with Gasteiger partial charge in [-0.3, -0.25) is 9.59 Å². The zero-order chi connectivity index (χ0) is 16.1. The van der Waals surface area contributed by atoms with Gasteiger partial charge in [0.2, 0.25) is 5.91 Å². The maximum Gasteiger partial charge on any atom is 0.251 e. The van der Waals surface area contributed by atoms with Gasteiger partial charge in [0.25, 0.3) is 5.91 Å². The topological polar surface area (TPSA) is 49.4 Å². The van der Waals surface area contributed by atoms with Crippen LogP contribution in [0.2, 0.25) is 5.02 Å². The first-order chi connectivity index (χ1) is 10.5. The predicted octanol–water partition coefficient (Wildman–Crippen LogP) is 3.11. The lowest BCUT2D eigenvalue weighted by molar-refractivity contribution is -0.132. The standard InChI is InChI=1S/C17H23ClN2O2/c1-12(2)11-15(17(22)20-9-3-4-10-20)19-16(21)13-5-7-14(18)8-6-13/h5-8,12,15H,3-4,9-11H2,1-2H3,(H,19,21)/t15-/m0/s1. The molecule has 0 unspecified atom stereocenters. The van der Waals surface area contributed by atoms with Crippen LogP contribution < -0.4 is 5.32 Å². The molecule has 1 heterocycles. The SMILES string of the molecule is CC(C)C[C@H](NC(=O)c1ccc(Cl)cc1)C(=O)N1CCCC1. The number of amides is 2. The van der Waals surface area contributed by atoms with Gasteiger partial charge in [0.1, 0.15) is 6.04 Å². The molecular weight excluding hydrogens is 300 g/mol. The van der Waals surface area contributed by atoms with Crippen molar-refractivity contribution in [3.8, 4) is 0 Å². The van der Waals surface area contributed by atoms with Gasteiger partial charge in [0.15, 0.2) is 0 Å². The van der Waals surface area contributed by atoms with Crippen LogP contribution in [-0.2, 0) is 4.79 Å². The fourth-order valence-corrected chi connectivity index (χ4v) is 2.82. The minimum Gasteiger partial charge on any atom is -0.341 e. The van der Waals surface area contributed by atoms with Gasteiger partial charge in [-0.05, 0) is 49.4 Å². The Bertz CT molecular complexity index is 522. The Balaban J connectivity index is 2.06. The number of benzene rings is 1. The number of hydrogen-bond acceptors (Lipinski definition) is 2. The lowest BCUT2D eigenvalue weighted by Gasteiger charge is -2.25. The molecule has 2 amide bonds. The highest BCUT2D eigenvalue weighted by molar-refractivity contribution is 6.30. The highest BCUT2D eigenvalue weighted by Crippen LogP contribution is 2.15. The number of likely N-dealkylation sites (tertiary alicyclic amines) is 1. The van der Waals surface area contributed by atoms with E-state index in [0.29, 0.717) is 22.9 Å². The third-order valence-electron chi connectivity index (χ3n) is 3.83. The molecule has 1 fully saturated rings. The van der Waals surface area contributed by atoms with Gasteiger partial charge in [0.05, 0.1) is 0 Å². The summed E-state index contributed by atoms with van der Waals surface area (Å²) in [5.74, 6) is 0.144. The van der Waals surface area contributed by atoms with Crippen LogP contribution >= 0.6 is 11.6 Å². The Morgan fingerprint density at radius 2 is 1.77 bits per heavy atom. The summed E-state index contributed by atoms with van der Waals surface area (Å²) >= 11 is 5.83. The Morgan fingerprint density at radius 3 is 2.32 bits per heavy atom. The van der Waals surface area contributed by atoms with Crippen LogP contribution in [0.4, 0.5) is 0 Å². The van der Waals surface area contributed by atoms with E-state index >= 15 is 0 Å². The quantitative estimate of drug-likeness (QED) is 0.905. The number of carbonyl (C=O) groups is 2. The van der Waals surface area contributed by atoms with Gasteiger partial charge < -0.3 is 10.2 Å². The second-order valence-electron chi connectivity index (χ2n) is 6.19. The van der Waals surface area contributed by atoms with Gasteiger partial charge in [-0.25, -0.2) is 0 Å². The van der Waals surface area contributed by atoms with Crippen molar-refractivity contribution < 1.29 is 9.59 Å². The number of carbonyl (C=O) groups excluding carboxylic acids is 2. The number of hydrogen-bond donors (Lipinski definition) is 1. The monoisotopic (exact) mass is 322 g/mol. The van der Waals surface area contributed by atoms with Gasteiger partial charge in [-0.1, -0.05) is 25.4 Å². The highest BCUT2D eigenvalue weighted by Gasteiger charge is 2.28. The van der Waals surface area contributed by atoms with Crippen LogP contribution in [0.15, 0.2) is 24.3 Å². The summed E-state index contributed by atoms with van der Waals surface area (Å²) in [6, 6.07) is 6.24. The van der Waals surface area contributed by atoms with Crippen molar-refractivity contribution in [2.24, 2.45) is 5.92 Å². The molecule has 5 heteroatoms. The Kier molecular flexibility index (Phi) is 5.83. The summed E-state index contributed by atoms with van der Waals surface area (Å²) in [6.45, 7) is 5.70. The molecule has 0 spiro atoms. The molecule has 120 valence electrons. The zero-order valence-electron chi connectivity index (χ0n) is 13.1. The lowest BCUT2D eigenvalue weighted by atomic mass is 10.0. The van der Waals surface area contributed by atoms with Gasteiger partial charge in [0, 0.05) is 23.7 Å². The van der Waals surface area contributed by atoms with Gasteiger partial charge in [-0.15, -0.1) is 0 Å². The summed E-state index contributed by atoms with van der Waals surface area (Å²) in [5.41, 5.74) is 0.521. The molecule has 0 aromatic heterocycles. The number of rotatable bonds is 5. The van der Waals surface area contributed by atoms with Crippen molar-refractivity contribution in [1.29, 1.82) is 0 Å². The molecule has 1 aliphatic heterocycles. The van der Waals surface area contributed by atoms with Crippen molar-refractivity contribution in [3.05, 3.63) is 34.9 Å². The highest BCUT2D eigenvalue weighted by atomic mass is 35.5. The predicted molar refractivity (Wildman–Crippen MR) is 88.0 cm³/mol. The molecule has 0 radical (unpaired) electrons. The van der Waals surface area contributed by atoms with E-state index in [1.54, 1.807) is 24.3 Å². The minimum absolute atomic E-state index is 0.0357. The van der Waals surface area contributed by atoms with Crippen LogP contribution in [0, 0.1) is 5.92 Å². The maximum atomic E-state index is 12.6. The fraction of sp³-hybridized carbons (Fsp3) is 0.529. The van der Waals surface area contributed by atoms with Crippen molar-refractivity contribution in [2.45, 2.75) is 39.2 Å². The van der Waals surface area contributed by atoms with Crippen LogP contribution in [0.25, 0.3) is 0 Å². The average Bonchev–Trinajstić information content (AvgIpc) is 3.00. The molecule has 1 atom stereocenters. The van der Waals surface area contributed by atoms with E-state index < -0.39 is 6.04 Å². The second-order valence-corrected chi connectivity index (χ2v) is 6.63. The third kappa shape index (κ3) is 4.47. The van der Waals surface area contributed by atoms with Crippen molar-refractivity contribution in [2.75, 3.05) is 13.1 Å². The largest absolute Gasteiger partial charge is 0.341 e. The Hall–Kier alpha value is -1.55. The Labute approximate surface area is 136 Å². The van der Waals surface area contributed by atoms with Crippen molar-refractivity contribution in [3.63, 3.8) is 0 Å². The second kappa shape index (κ2) is 7.63. The van der Waals surface area contributed by atoms with Crippen molar-refractivity contribution in [1.82, 2.24) is 10.2 Å². The van der Waals surface area contributed by atoms with E-state index in [9.17, 15) is 9.59 Å². The van der Waals surface area contributed by atoms with E-state index in [4.69, 9.17) is 11.6 Å². The first kappa shape index (κ1) is 16.8. The van der Waals surface area contributed by atoms with E-state index in [0.717, 1.165) is 25.9 Å². The molecule has 1 N–H and O–H groups in total. The molecule has 0 aliphatic carbocycles. The van der Waals surface area contributed by atoms with E-state index in [2.05, 4.69) is 19.2 Å². The first-order valence-corrected chi connectivity index (χ1v) is 8.20. The molecule has 2 rings (SSSR count). The maximum absolute atomic E-state index is 12.6. The molecule has 4 nitrogen and oxygen atoms in total. The summed E-state index contributed by atoms with van der Waals surface area (Å²) in [6.07, 6.45) is 2.74. The number of nitrogens with zero attached hydrogens (tertiary/aromatic N) is 1. The van der Waals surface area contributed by atoms with Crippen LogP contribution in [0.5, 0.6) is 0 Å². The molecule has 0 bridgehead atoms. The number of nitrogens with one attached hydrogen (secondary N) is 1. The lowest BCUT2D eigenvalue weighted by Crippen LogP contribution is -2.48. The van der Waals surface area contributed by atoms with Crippen LogP contribution in [0.1, 0.15) is 43.5 Å². The van der Waals surface area contributed by atoms with E-state index in [-0.39, 0.29) is 11.8 Å². The zero-order valence-corrected chi connectivity index (χ0v) is 13.9. The molecule has 22 heavy (non-hydrogen) atoms. The molecule has 1 aromatic carbocycles. The summed E-state index contributed by atoms with van der Waals surface area (Å²) in [5, 5.41) is 3.47. The molecule has 1 saturated heterocycles. The van der Waals surface area contributed by atoms with Crippen LogP contribution in [0.3, 0.4) is 0 Å². The Morgan fingerprint density at radius 1 is 1.18 bits per heavy atom. The van der Waals surface area contributed by atoms with Crippen LogP contribution in [-0.4, -0.2) is 35.8 Å². The minimum atomic E-state index is -0.457. The fourth-order valence-electron chi connectivity index (χ4n) is 2.69. The van der Waals surface area contributed by atoms with Gasteiger partial charge >= 0.3 is 0 Å². The molecule has 1 aromatic rings. The van der Waals surface area contributed by atoms with Crippen molar-refractivity contribution >= 4 is 23.4 Å². The van der Waals surface area contributed by atoms with E-state index in [1.165, 1.54) is 0 Å². The van der Waals surface area contributed by atoms with Gasteiger partial charge in [-0.2, -0.15) is 0 Å². The summed E-state index contributed by atoms with van der Waals surface area (Å²) in [4.78, 5) is 26.8. The normalized spacial score (nSPS) is 15.9. The average molecular weight is 323 g/mol. The summed E-state index contributed by atoms with van der Waals surface area (Å²) < 4.78 is 0. The number of halogens is 1. The van der Waals surface area contributed by atoms with E-state index in [1.807, 2.05) is 4.90 Å². The summed E-state index contributed by atoms with van der Waals surface area (Å²) in [7, 11) is 0. The molecule has 1 aliphatic rings. The molecular formula is C17H23ClN2O2. The first-order valence-electron chi connectivity index (χ1n) is 7.82. The third-order valence-corrected chi connectivity index (χ3v) is 4.09. The molecule has 0 saturated carbocycles. The smallest absolute Gasteiger partial charge is 0.251 e.